The maximum Gasteiger partial charge on any atom is 0.306 e. The number of aliphatic hydroxyl groups is 4. The van der Waals surface area contributed by atoms with Gasteiger partial charge in [0.25, 0.3) is 0 Å². The topological polar surface area (TPSA) is 135 Å². The van der Waals surface area contributed by atoms with Gasteiger partial charge in [0.05, 0.1) is 19.8 Å². The van der Waals surface area contributed by atoms with Crippen LogP contribution in [0.2, 0.25) is 0 Å². The molecule has 4 N–H and O–H groups in total. The Morgan fingerprint density at radius 3 is 1.31 bits per heavy atom. The molecule has 0 aromatic carbocycles. The molecule has 1 heterocycles. The third-order valence-corrected chi connectivity index (χ3v) is 13.5. The Morgan fingerprint density at radius 2 is 0.853 bits per heavy atom. The molecule has 0 amide bonds. The van der Waals surface area contributed by atoms with E-state index in [4.69, 9.17) is 18.9 Å². The molecule has 6 atom stereocenters. The second-order valence-electron chi connectivity index (χ2n) is 20.1. The van der Waals surface area contributed by atoms with E-state index in [1.54, 1.807) is 0 Å². The normalized spacial score (nSPS) is 19.3. The fraction of sp³-hybridized carbons (Fsp3) is 0.881. The predicted molar refractivity (Wildman–Crippen MR) is 284 cm³/mol. The van der Waals surface area contributed by atoms with Crippen LogP contribution in [-0.4, -0.2) is 89.6 Å². The number of ether oxygens (including phenoxy) is 4. The van der Waals surface area contributed by atoms with Gasteiger partial charge in [0, 0.05) is 13.0 Å². The van der Waals surface area contributed by atoms with E-state index in [1.165, 1.54) is 212 Å². The van der Waals surface area contributed by atoms with Crippen molar-refractivity contribution in [3.05, 3.63) is 36.5 Å². The summed E-state index contributed by atoms with van der Waals surface area (Å²) in [6.45, 7) is 4.58. The van der Waals surface area contributed by atoms with Crippen LogP contribution in [0.3, 0.4) is 0 Å². The molecule has 6 unspecified atom stereocenters. The Bertz CT molecular complexity index is 1140. The largest absolute Gasteiger partial charge is 0.457 e. The first-order chi connectivity index (χ1) is 33.4. The van der Waals surface area contributed by atoms with E-state index in [9.17, 15) is 25.2 Å². The smallest absolute Gasteiger partial charge is 0.306 e. The summed E-state index contributed by atoms with van der Waals surface area (Å²) in [7, 11) is 0. The van der Waals surface area contributed by atoms with Crippen LogP contribution in [-0.2, 0) is 23.7 Å². The molecule has 0 aromatic rings. The highest BCUT2D eigenvalue weighted by atomic mass is 16.7. The molecule has 1 rings (SSSR count). The van der Waals surface area contributed by atoms with E-state index >= 15 is 0 Å². The van der Waals surface area contributed by atoms with Gasteiger partial charge < -0.3 is 39.4 Å². The van der Waals surface area contributed by atoms with Gasteiger partial charge in [-0.2, -0.15) is 0 Å². The second-order valence-corrected chi connectivity index (χ2v) is 20.1. The summed E-state index contributed by atoms with van der Waals surface area (Å²) in [6.07, 6.45) is 56.2. The first kappa shape index (κ1) is 64.4. The Balaban J connectivity index is 2.13. The monoisotopic (exact) mass is 963 g/mol. The minimum Gasteiger partial charge on any atom is -0.457 e. The number of allylic oxidation sites excluding steroid dienone is 6. The zero-order chi connectivity index (χ0) is 49.2. The van der Waals surface area contributed by atoms with Crippen molar-refractivity contribution in [3.8, 4) is 0 Å². The maximum atomic E-state index is 12.9. The molecule has 0 spiro atoms. The molecule has 0 aliphatic carbocycles. The molecule has 68 heavy (non-hydrogen) atoms. The van der Waals surface area contributed by atoms with Crippen LogP contribution in [0.1, 0.15) is 271 Å². The van der Waals surface area contributed by atoms with Crippen LogP contribution in [0.15, 0.2) is 36.5 Å². The number of hydrogen-bond acceptors (Lipinski definition) is 9. The van der Waals surface area contributed by atoms with E-state index in [1.807, 2.05) is 0 Å². The standard InChI is InChI=1S/C59H110O9/c1-3-5-7-9-11-13-15-17-19-21-23-24-25-26-27-28-29-31-33-35-37-39-41-43-45-47-49-65-51-53(52-66-59-58(64)57(63)56(62)54(50-60)68-59)67-55(61)48-46-44-42-40-38-36-34-32-30-22-20-18-16-14-12-10-8-6-4-2/h12,14,18,20-21,23,53-54,56-60,62-64H,3-11,13,15-17,19,22,24-52H2,1-2H3/b14-12-,20-18-,23-21-. The van der Waals surface area contributed by atoms with Crippen LogP contribution in [0.4, 0.5) is 0 Å². The van der Waals surface area contributed by atoms with Crippen molar-refractivity contribution < 1.29 is 44.2 Å². The molecule has 1 aliphatic heterocycles. The Morgan fingerprint density at radius 1 is 0.471 bits per heavy atom. The highest BCUT2D eigenvalue weighted by Crippen LogP contribution is 2.23. The molecule has 9 nitrogen and oxygen atoms in total. The van der Waals surface area contributed by atoms with Gasteiger partial charge in [0.1, 0.15) is 30.5 Å². The maximum absolute atomic E-state index is 12.9. The number of carbonyl (C=O) groups is 1. The third kappa shape index (κ3) is 40.1. The summed E-state index contributed by atoms with van der Waals surface area (Å²) in [4.78, 5) is 12.9. The predicted octanol–water partition coefficient (Wildman–Crippen LogP) is 15.0. The highest BCUT2D eigenvalue weighted by molar-refractivity contribution is 5.69. The summed E-state index contributed by atoms with van der Waals surface area (Å²) in [6, 6.07) is 0. The lowest BCUT2D eigenvalue weighted by Gasteiger charge is -2.39. The first-order valence-electron chi connectivity index (χ1n) is 29.1. The van der Waals surface area contributed by atoms with Crippen molar-refractivity contribution in [2.24, 2.45) is 0 Å². The van der Waals surface area contributed by atoms with Gasteiger partial charge in [-0.3, -0.25) is 4.79 Å². The van der Waals surface area contributed by atoms with Crippen LogP contribution in [0, 0.1) is 0 Å². The van der Waals surface area contributed by atoms with Crippen molar-refractivity contribution >= 4 is 5.97 Å². The van der Waals surface area contributed by atoms with Crippen LogP contribution in [0.5, 0.6) is 0 Å². The highest BCUT2D eigenvalue weighted by Gasteiger charge is 2.44. The zero-order valence-electron chi connectivity index (χ0n) is 44.4. The Kier molecular flexibility index (Phi) is 47.7. The van der Waals surface area contributed by atoms with Crippen LogP contribution >= 0.6 is 0 Å². The van der Waals surface area contributed by atoms with Crippen molar-refractivity contribution in [1.29, 1.82) is 0 Å². The minimum atomic E-state index is -1.54. The van der Waals surface area contributed by atoms with Gasteiger partial charge in [0.15, 0.2) is 6.29 Å². The lowest BCUT2D eigenvalue weighted by atomic mass is 9.99. The summed E-state index contributed by atoms with van der Waals surface area (Å²) < 4.78 is 23.0. The Hall–Kier alpha value is -1.59. The number of esters is 1. The molecule has 1 fully saturated rings. The van der Waals surface area contributed by atoms with Crippen molar-refractivity contribution in [2.75, 3.05) is 26.4 Å². The van der Waals surface area contributed by atoms with E-state index in [2.05, 4.69) is 50.3 Å². The average molecular weight is 964 g/mol. The summed E-state index contributed by atoms with van der Waals surface area (Å²) in [5.74, 6) is -0.314. The SMILES string of the molecule is CCCCC/C=C\C/C=C\CCCCCCCCCCCC(=O)OC(COCCCCCCCCCCCCCCCC/C=C\CCCCCCCCCC)COC1OC(CO)C(O)C(O)C1O. The molecule has 0 aromatic heterocycles. The lowest BCUT2D eigenvalue weighted by Crippen LogP contribution is -2.59. The molecular weight excluding hydrogens is 853 g/mol. The molecule has 1 saturated heterocycles. The van der Waals surface area contributed by atoms with E-state index in [0.29, 0.717) is 13.0 Å². The average Bonchev–Trinajstić information content (AvgIpc) is 3.34. The van der Waals surface area contributed by atoms with Gasteiger partial charge in [-0.15, -0.1) is 0 Å². The van der Waals surface area contributed by atoms with E-state index in [0.717, 1.165) is 38.5 Å². The number of rotatable bonds is 51. The molecule has 0 saturated carbocycles. The number of aliphatic hydroxyl groups excluding tert-OH is 4. The van der Waals surface area contributed by atoms with Crippen molar-refractivity contribution in [3.63, 3.8) is 0 Å². The van der Waals surface area contributed by atoms with Crippen molar-refractivity contribution in [1.82, 2.24) is 0 Å². The first-order valence-corrected chi connectivity index (χ1v) is 29.1. The molecule has 400 valence electrons. The van der Waals surface area contributed by atoms with Gasteiger partial charge >= 0.3 is 5.97 Å². The molecule has 1 aliphatic rings. The van der Waals surface area contributed by atoms with Gasteiger partial charge in [-0.05, 0) is 70.6 Å². The second kappa shape index (κ2) is 50.4. The minimum absolute atomic E-state index is 0.113. The lowest BCUT2D eigenvalue weighted by molar-refractivity contribution is -0.305. The van der Waals surface area contributed by atoms with E-state index in [-0.39, 0.29) is 19.2 Å². The Labute approximate surface area is 419 Å². The van der Waals surface area contributed by atoms with Crippen molar-refractivity contribution in [2.45, 2.75) is 307 Å². The molecule has 0 radical (unpaired) electrons. The zero-order valence-corrected chi connectivity index (χ0v) is 44.4. The third-order valence-electron chi connectivity index (χ3n) is 13.5. The molecular formula is C59H110O9. The summed E-state index contributed by atoms with van der Waals surface area (Å²) >= 11 is 0. The number of carbonyl (C=O) groups excluding carboxylic acids is 1. The molecule has 0 bridgehead atoms. The fourth-order valence-electron chi connectivity index (χ4n) is 8.99. The van der Waals surface area contributed by atoms with Gasteiger partial charge in [-0.1, -0.05) is 230 Å². The van der Waals surface area contributed by atoms with E-state index < -0.39 is 43.4 Å². The quantitative estimate of drug-likeness (QED) is 0.0267. The fourth-order valence-corrected chi connectivity index (χ4v) is 8.99. The van der Waals surface area contributed by atoms with Crippen LogP contribution < -0.4 is 0 Å². The molecule has 9 heteroatoms. The van der Waals surface area contributed by atoms with Crippen LogP contribution in [0.25, 0.3) is 0 Å². The van der Waals surface area contributed by atoms with Gasteiger partial charge in [-0.25, -0.2) is 0 Å². The number of hydrogen-bond donors (Lipinski definition) is 4. The summed E-state index contributed by atoms with van der Waals surface area (Å²) in [5.41, 5.74) is 0. The van der Waals surface area contributed by atoms with Gasteiger partial charge in [0.2, 0.25) is 0 Å². The summed E-state index contributed by atoms with van der Waals surface area (Å²) in [5, 5.41) is 40.3. The number of unbranched alkanes of at least 4 members (excludes halogenated alkanes) is 34.